The van der Waals surface area contributed by atoms with Gasteiger partial charge < -0.3 is 10.1 Å². The lowest BCUT2D eigenvalue weighted by Crippen LogP contribution is -2.38. The first-order valence-corrected chi connectivity index (χ1v) is 10.4. The fourth-order valence-corrected chi connectivity index (χ4v) is 3.76. The molecule has 4 rings (SSSR count). The van der Waals surface area contributed by atoms with Crippen molar-refractivity contribution >= 4 is 11.6 Å². The molecule has 0 saturated carbocycles. The van der Waals surface area contributed by atoms with Gasteiger partial charge in [0.05, 0.1) is 36.2 Å². The Labute approximate surface area is 183 Å². The molecular weight excluding hydrogens is 423 g/mol. The van der Waals surface area contributed by atoms with Gasteiger partial charge in [0.2, 0.25) is 0 Å². The summed E-state index contributed by atoms with van der Waals surface area (Å²) >= 11 is 0. The van der Waals surface area contributed by atoms with Crippen LogP contribution in [0.25, 0.3) is 16.8 Å². The third kappa shape index (κ3) is 4.76. The van der Waals surface area contributed by atoms with Crippen molar-refractivity contribution in [1.29, 1.82) is 0 Å². The van der Waals surface area contributed by atoms with Crippen LogP contribution in [0.5, 0.6) is 0 Å². The highest BCUT2D eigenvalue weighted by Gasteiger charge is 2.30. The molecule has 2 aromatic heterocycles. The van der Waals surface area contributed by atoms with E-state index in [2.05, 4.69) is 20.3 Å². The molecule has 1 N–H and O–H groups in total. The van der Waals surface area contributed by atoms with Crippen LogP contribution in [0.2, 0.25) is 0 Å². The molecule has 170 valence electrons. The number of aromatic nitrogens is 3. The van der Waals surface area contributed by atoms with Gasteiger partial charge in [-0.3, -0.25) is 9.69 Å². The lowest BCUT2D eigenvalue weighted by Gasteiger charge is -2.26. The molecule has 0 bridgehead atoms. The van der Waals surface area contributed by atoms with Crippen molar-refractivity contribution in [2.24, 2.45) is 0 Å². The van der Waals surface area contributed by atoms with E-state index in [1.54, 1.807) is 13.0 Å². The second-order valence-corrected chi connectivity index (χ2v) is 7.69. The molecule has 7 nitrogen and oxygen atoms in total. The van der Waals surface area contributed by atoms with E-state index in [0.717, 1.165) is 51.4 Å². The smallest absolute Gasteiger partial charge is 0.379 e. The molecule has 1 saturated heterocycles. The Balaban J connectivity index is 1.47. The van der Waals surface area contributed by atoms with E-state index in [1.807, 2.05) is 0 Å². The molecule has 0 spiro atoms. The molecule has 3 aromatic rings. The number of fused-ring (bicyclic) bond motifs is 1. The first-order chi connectivity index (χ1) is 15.3. The van der Waals surface area contributed by atoms with Crippen LogP contribution in [-0.4, -0.2) is 64.8 Å². The number of halogens is 3. The molecule has 0 radical (unpaired) electrons. The zero-order chi connectivity index (χ0) is 22.7. The van der Waals surface area contributed by atoms with Crippen molar-refractivity contribution in [2.75, 3.05) is 39.4 Å². The van der Waals surface area contributed by atoms with Gasteiger partial charge in [-0.05, 0) is 37.6 Å². The fourth-order valence-electron chi connectivity index (χ4n) is 3.76. The normalized spacial score (nSPS) is 15.2. The largest absolute Gasteiger partial charge is 0.416 e. The van der Waals surface area contributed by atoms with Crippen LogP contribution >= 0.6 is 0 Å². The number of carbonyl (C=O) groups is 1. The second kappa shape index (κ2) is 9.25. The summed E-state index contributed by atoms with van der Waals surface area (Å²) in [6.45, 7) is 6.44. The molecule has 10 heteroatoms. The average Bonchev–Trinajstić information content (AvgIpc) is 3.22. The molecule has 1 aromatic carbocycles. The molecule has 0 atom stereocenters. The zero-order valence-electron chi connectivity index (χ0n) is 17.7. The summed E-state index contributed by atoms with van der Waals surface area (Å²) in [6, 6.07) is 5.03. The quantitative estimate of drug-likeness (QED) is 0.588. The Hall–Kier alpha value is -2.98. The number of amides is 1. The number of aryl methyl sites for hydroxylation is 1. The fraction of sp³-hybridized carbons (Fsp3) is 0.409. The molecule has 1 amide bonds. The first kappa shape index (κ1) is 22.2. The third-order valence-corrected chi connectivity index (χ3v) is 5.55. The number of alkyl halides is 3. The minimum absolute atomic E-state index is 0.255. The van der Waals surface area contributed by atoms with Gasteiger partial charge in [0.1, 0.15) is 0 Å². The summed E-state index contributed by atoms with van der Waals surface area (Å²) in [5, 5.41) is 7.17. The number of carbonyl (C=O) groups excluding carboxylic acids is 1. The number of benzene rings is 1. The van der Waals surface area contributed by atoms with Crippen LogP contribution in [-0.2, 0) is 10.9 Å². The van der Waals surface area contributed by atoms with Gasteiger partial charge in [-0.25, -0.2) is 9.50 Å². The molecule has 1 aliphatic rings. The van der Waals surface area contributed by atoms with Crippen LogP contribution in [0.15, 0.2) is 36.7 Å². The third-order valence-electron chi connectivity index (χ3n) is 5.55. The van der Waals surface area contributed by atoms with Crippen LogP contribution in [0.3, 0.4) is 0 Å². The predicted molar refractivity (Wildman–Crippen MR) is 112 cm³/mol. The topological polar surface area (TPSA) is 71.8 Å². The van der Waals surface area contributed by atoms with E-state index >= 15 is 0 Å². The van der Waals surface area contributed by atoms with E-state index in [1.165, 1.54) is 23.0 Å². The average molecular weight is 447 g/mol. The minimum atomic E-state index is -4.44. The van der Waals surface area contributed by atoms with Gasteiger partial charge in [0, 0.05) is 31.4 Å². The van der Waals surface area contributed by atoms with Crippen LogP contribution in [0, 0.1) is 6.92 Å². The molecule has 1 fully saturated rings. The Morgan fingerprint density at radius 1 is 1.22 bits per heavy atom. The highest BCUT2D eigenvalue weighted by molar-refractivity contribution is 5.95. The van der Waals surface area contributed by atoms with Crippen molar-refractivity contribution in [3.05, 3.63) is 53.5 Å². The van der Waals surface area contributed by atoms with Crippen LogP contribution in [0.1, 0.15) is 28.0 Å². The Bertz CT molecular complexity index is 1110. The van der Waals surface area contributed by atoms with E-state index in [4.69, 9.17) is 4.74 Å². The minimum Gasteiger partial charge on any atom is -0.379 e. The Morgan fingerprint density at radius 2 is 2.00 bits per heavy atom. The van der Waals surface area contributed by atoms with Crippen molar-refractivity contribution in [1.82, 2.24) is 24.8 Å². The van der Waals surface area contributed by atoms with E-state index in [-0.39, 0.29) is 5.91 Å². The van der Waals surface area contributed by atoms with Gasteiger partial charge in [0.25, 0.3) is 5.91 Å². The van der Waals surface area contributed by atoms with Crippen LogP contribution < -0.4 is 5.32 Å². The molecule has 0 aliphatic carbocycles. The highest BCUT2D eigenvalue weighted by Crippen LogP contribution is 2.33. The second-order valence-electron chi connectivity index (χ2n) is 7.69. The number of morpholine rings is 1. The van der Waals surface area contributed by atoms with Gasteiger partial charge in [-0.15, -0.1) is 0 Å². The van der Waals surface area contributed by atoms with Gasteiger partial charge in [-0.2, -0.15) is 18.3 Å². The summed E-state index contributed by atoms with van der Waals surface area (Å²) in [4.78, 5) is 19.3. The number of ether oxygens (including phenoxy) is 1. The lowest BCUT2D eigenvalue weighted by molar-refractivity contribution is -0.137. The molecule has 1 aliphatic heterocycles. The van der Waals surface area contributed by atoms with Crippen LogP contribution in [0.4, 0.5) is 13.2 Å². The molecular formula is C22H24F3N5O2. The SMILES string of the molecule is Cc1c(C(=O)NCCCN2CCOCC2)cnc2c(-c3cccc(C(F)(F)F)c3)cnn12. The summed E-state index contributed by atoms with van der Waals surface area (Å²) in [7, 11) is 0. The summed E-state index contributed by atoms with van der Waals surface area (Å²) < 4.78 is 46.0. The zero-order valence-corrected chi connectivity index (χ0v) is 17.7. The number of nitrogens with zero attached hydrogens (tertiary/aromatic N) is 4. The number of hydrogen-bond acceptors (Lipinski definition) is 5. The molecule has 0 unspecified atom stereocenters. The number of rotatable bonds is 6. The van der Waals surface area contributed by atoms with E-state index in [9.17, 15) is 18.0 Å². The maximum Gasteiger partial charge on any atom is 0.416 e. The number of nitrogens with one attached hydrogen (secondary N) is 1. The summed E-state index contributed by atoms with van der Waals surface area (Å²) in [6.07, 6.45) is -0.702. The standard InChI is InChI=1S/C22H24F3N5O2/c1-15-18(21(31)26-6-3-7-29-8-10-32-11-9-29)13-27-20-19(14-28-30(15)20)16-4-2-5-17(12-16)22(23,24)25/h2,4-5,12-14H,3,6-11H2,1H3,(H,26,31). The number of hydrogen-bond donors (Lipinski definition) is 1. The van der Waals surface area contributed by atoms with Crippen molar-refractivity contribution in [2.45, 2.75) is 19.5 Å². The van der Waals surface area contributed by atoms with Crippen molar-refractivity contribution in [3.63, 3.8) is 0 Å². The van der Waals surface area contributed by atoms with E-state index < -0.39 is 11.7 Å². The maximum atomic E-state index is 13.1. The van der Waals surface area contributed by atoms with Gasteiger partial charge in [-0.1, -0.05) is 12.1 Å². The van der Waals surface area contributed by atoms with Gasteiger partial charge in [0.15, 0.2) is 5.65 Å². The molecule has 3 heterocycles. The van der Waals surface area contributed by atoms with Crippen molar-refractivity contribution < 1.29 is 22.7 Å². The molecule has 32 heavy (non-hydrogen) atoms. The Morgan fingerprint density at radius 3 is 2.75 bits per heavy atom. The Kier molecular flexibility index (Phi) is 6.43. The lowest BCUT2D eigenvalue weighted by atomic mass is 10.1. The van der Waals surface area contributed by atoms with Gasteiger partial charge >= 0.3 is 6.18 Å². The first-order valence-electron chi connectivity index (χ1n) is 10.4. The predicted octanol–water partition coefficient (Wildman–Crippen LogP) is 3.18. The summed E-state index contributed by atoms with van der Waals surface area (Å²) in [5.74, 6) is -0.255. The van der Waals surface area contributed by atoms with E-state index in [0.29, 0.717) is 34.6 Å². The maximum absolute atomic E-state index is 13.1. The summed E-state index contributed by atoms with van der Waals surface area (Å²) in [5.41, 5.74) is 1.44. The highest BCUT2D eigenvalue weighted by atomic mass is 19.4. The van der Waals surface area contributed by atoms with Crippen molar-refractivity contribution in [3.8, 4) is 11.1 Å². The monoisotopic (exact) mass is 447 g/mol.